The van der Waals surface area contributed by atoms with Crippen LogP contribution < -0.4 is 10.6 Å². The molecular formula is C14H21N5S. The average molecular weight is 291 g/mol. The fourth-order valence-electron chi connectivity index (χ4n) is 3.19. The van der Waals surface area contributed by atoms with E-state index >= 15 is 0 Å². The maximum absolute atomic E-state index is 5.63. The summed E-state index contributed by atoms with van der Waals surface area (Å²) in [6.07, 6.45) is 7.26. The zero-order valence-electron chi connectivity index (χ0n) is 11.7. The van der Waals surface area contributed by atoms with Crippen molar-refractivity contribution in [3.05, 3.63) is 18.0 Å². The number of aromatic nitrogens is 2. The summed E-state index contributed by atoms with van der Waals surface area (Å²) in [5.41, 5.74) is 6.29. The van der Waals surface area contributed by atoms with Gasteiger partial charge < -0.3 is 10.6 Å². The van der Waals surface area contributed by atoms with Crippen LogP contribution in [0.4, 0.5) is 5.95 Å². The number of hydrogen-bond donors (Lipinski definition) is 1. The third kappa shape index (κ3) is 2.91. The first-order valence-electron chi connectivity index (χ1n) is 7.36. The van der Waals surface area contributed by atoms with Crippen molar-refractivity contribution in [2.45, 2.75) is 31.7 Å². The van der Waals surface area contributed by atoms with Crippen molar-refractivity contribution in [3.8, 4) is 0 Å². The standard InChI is InChI=1S/C14H21N5S/c15-13(20)12-5-6-16-14(17-12)19-9-7-18(8-10-19)11-3-1-2-4-11/h5-6,11H,1-4,7-10H2,(H2,15,20). The van der Waals surface area contributed by atoms with Crippen LogP contribution in [0.3, 0.4) is 0 Å². The van der Waals surface area contributed by atoms with Gasteiger partial charge in [-0.2, -0.15) is 0 Å². The molecule has 0 atom stereocenters. The molecule has 0 unspecified atom stereocenters. The molecule has 2 fully saturated rings. The molecule has 0 spiro atoms. The maximum Gasteiger partial charge on any atom is 0.226 e. The highest BCUT2D eigenvalue weighted by atomic mass is 32.1. The third-order valence-corrected chi connectivity index (χ3v) is 4.54. The lowest BCUT2D eigenvalue weighted by atomic mass is 10.2. The molecule has 1 aliphatic carbocycles. The minimum atomic E-state index is 0.332. The van der Waals surface area contributed by atoms with Crippen molar-refractivity contribution in [3.63, 3.8) is 0 Å². The first-order valence-corrected chi connectivity index (χ1v) is 7.77. The molecule has 1 aliphatic heterocycles. The van der Waals surface area contributed by atoms with E-state index in [1.165, 1.54) is 25.7 Å². The third-order valence-electron chi connectivity index (χ3n) is 4.33. The van der Waals surface area contributed by atoms with Crippen LogP contribution in [0.5, 0.6) is 0 Å². The molecule has 0 bridgehead atoms. The Bertz CT molecular complexity index is 478. The summed E-state index contributed by atoms with van der Waals surface area (Å²) in [5, 5.41) is 0. The number of nitrogens with zero attached hydrogens (tertiary/aromatic N) is 4. The Balaban J connectivity index is 1.62. The van der Waals surface area contributed by atoms with Gasteiger partial charge in [0.15, 0.2) is 0 Å². The molecule has 1 saturated heterocycles. The zero-order valence-corrected chi connectivity index (χ0v) is 12.5. The fraction of sp³-hybridized carbons (Fsp3) is 0.643. The normalized spacial score (nSPS) is 21.3. The molecule has 1 saturated carbocycles. The second-order valence-electron chi connectivity index (χ2n) is 5.57. The minimum Gasteiger partial charge on any atom is -0.388 e. The molecule has 2 heterocycles. The number of rotatable bonds is 3. The molecule has 0 radical (unpaired) electrons. The van der Waals surface area contributed by atoms with E-state index in [0.29, 0.717) is 10.7 Å². The van der Waals surface area contributed by atoms with Gasteiger partial charge >= 0.3 is 0 Å². The fourth-order valence-corrected chi connectivity index (χ4v) is 3.31. The van der Waals surface area contributed by atoms with Crippen LogP contribution >= 0.6 is 12.2 Å². The molecule has 108 valence electrons. The predicted octanol–water partition coefficient (Wildman–Crippen LogP) is 1.18. The van der Waals surface area contributed by atoms with Gasteiger partial charge in [-0.1, -0.05) is 25.1 Å². The van der Waals surface area contributed by atoms with Crippen molar-refractivity contribution < 1.29 is 0 Å². The monoisotopic (exact) mass is 291 g/mol. The van der Waals surface area contributed by atoms with Crippen molar-refractivity contribution in [2.75, 3.05) is 31.1 Å². The summed E-state index contributed by atoms with van der Waals surface area (Å²) in [7, 11) is 0. The Labute approximate surface area is 125 Å². The highest BCUT2D eigenvalue weighted by molar-refractivity contribution is 7.80. The van der Waals surface area contributed by atoms with Gasteiger partial charge in [0, 0.05) is 38.4 Å². The van der Waals surface area contributed by atoms with Gasteiger partial charge in [0.25, 0.3) is 0 Å². The van der Waals surface area contributed by atoms with Crippen LogP contribution in [-0.2, 0) is 0 Å². The van der Waals surface area contributed by atoms with Crippen LogP contribution in [0, 0.1) is 0 Å². The molecule has 6 heteroatoms. The number of anilines is 1. The average Bonchev–Trinajstić information content (AvgIpc) is 3.02. The Morgan fingerprint density at radius 3 is 2.55 bits per heavy atom. The Hall–Kier alpha value is -1.27. The van der Waals surface area contributed by atoms with Crippen molar-refractivity contribution >= 4 is 23.2 Å². The Kier molecular flexibility index (Phi) is 4.12. The lowest BCUT2D eigenvalue weighted by molar-refractivity contribution is 0.187. The summed E-state index contributed by atoms with van der Waals surface area (Å²) in [4.78, 5) is 14.0. The van der Waals surface area contributed by atoms with Gasteiger partial charge in [-0.15, -0.1) is 0 Å². The van der Waals surface area contributed by atoms with Gasteiger partial charge in [-0.25, -0.2) is 9.97 Å². The maximum atomic E-state index is 5.63. The van der Waals surface area contributed by atoms with Gasteiger partial charge in [0.2, 0.25) is 5.95 Å². The summed E-state index contributed by atoms with van der Waals surface area (Å²) >= 11 is 4.98. The van der Waals surface area contributed by atoms with Crippen LogP contribution in [0.25, 0.3) is 0 Å². The van der Waals surface area contributed by atoms with E-state index in [-0.39, 0.29) is 0 Å². The predicted molar refractivity (Wildman–Crippen MR) is 84.0 cm³/mol. The smallest absolute Gasteiger partial charge is 0.226 e. The zero-order chi connectivity index (χ0) is 13.9. The van der Waals surface area contributed by atoms with E-state index in [1.54, 1.807) is 12.3 Å². The molecule has 1 aromatic rings. The number of hydrogen-bond acceptors (Lipinski definition) is 5. The second kappa shape index (κ2) is 6.01. The summed E-state index contributed by atoms with van der Waals surface area (Å²) in [6, 6.07) is 2.57. The molecule has 0 aromatic carbocycles. The van der Waals surface area contributed by atoms with E-state index in [1.807, 2.05) is 0 Å². The van der Waals surface area contributed by atoms with Gasteiger partial charge in [0.1, 0.15) is 10.7 Å². The summed E-state index contributed by atoms with van der Waals surface area (Å²) in [6.45, 7) is 4.17. The quantitative estimate of drug-likeness (QED) is 0.844. The lowest BCUT2D eigenvalue weighted by Crippen LogP contribution is -2.50. The molecular weight excluding hydrogens is 270 g/mol. The van der Waals surface area contributed by atoms with Crippen molar-refractivity contribution in [1.29, 1.82) is 0 Å². The van der Waals surface area contributed by atoms with E-state index in [4.69, 9.17) is 18.0 Å². The largest absolute Gasteiger partial charge is 0.388 e. The van der Waals surface area contributed by atoms with E-state index in [9.17, 15) is 0 Å². The van der Waals surface area contributed by atoms with Crippen LogP contribution in [0.15, 0.2) is 12.3 Å². The van der Waals surface area contributed by atoms with Crippen LogP contribution in [0.1, 0.15) is 31.4 Å². The van der Waals surface area contributed by atoms with Crippen molar-refractivity contribution in [1.82, 2.24) is 14.9 Å². The molecule has 20 heavy (non-hydrogen) atoms. The number of piperazine rings is 1. The second-order valence-corrected chi connectivity index (χ2v) is 6.01. The topological polar surface area (TPSA) is 58.3 Å². The Morgan fingerprint density at radius 2 is 1.90 bits per heavy atom. The first-order chi connectivity index (χ1) is 9.74. The molecule has 3 rings (SSSR count). The number of thiocarbonyl (C=S) groups is 1. The van der Waals surface area contributed by atoms with Crippen LogP contribution in [-0.4, -0.2) is 52.1 Å². The Morgan fingerprint density at radius 1 is 1.20 bits per heavy atom. The van der Waals surface area contributed by atoms with Gasteiger partial charge in [0.05, 0.1) is 0 Å². The van der Waals surface area contributed by atoms with Gasteiger partial charge in [-0.05, 0) is 18.9 Å². The SMILES string of the molecule is NC(=S)c1ccnc(N2CCN(C3CCCC3)CC2)n1. The minimum absolute atomic E-state index is 0.332. The highest BCUT2D eigenvalue weighted by Gasteiger charge is 2.26. The summed E-state index contributed by atoms with van der Waals surface area (Å²) in [5.74, 6) is 0.751. The van der Waals surface area contributed by atoms with Crippen LogP contribution in [0.2, 0.25) is 0 Å². The first kappa shape index (κ1) is 13.7. The molecule has 0 amide bonds. The highest BCUT2D eigenvalue weighted by Crippen LogP contribution is 2.24. The number of nitrogens with two attached hydrogens (primary N) is 1. The molecule has 2 aliphatic rings. The van der Waals surface area contributed by atoms with E-state index in [0.717, 1.165) is 38.2 Å². The molecule has 2 N–H and O–H groups in total. The molecule has 5 nitrogen and oxygen atoms in total. The lowest BCUT2D eigenvalue weighted by Gasteiger charge is -2.38. The summed E-state index contributed by atoms with van der Waals surface area (Å²) < 4.78 is 0. The van der Waals surface area contributed by atoms with E-state index in [2.05, 4.69) is 19.8 Å². The van der Waals surface area contributed by atoms with Crippen molar-refractivity contribution in [2.24, 2.45) is 5.73 Å². The van der Waals surface area contributed by atoms with Gasteiger partial charge in [-0.3, -0.25) is 4.90 Å². The van der Waals surface area contributed by atoms with E-state index < -0.39 is 0 Å². The molecule has 1 aromatic heterocycles.